The third-order valence-electron chi connectivity index (χ3n) is 4.76. The molecule has 0 radical (unpaired) electrons. The zero-order chi connectivity index (χ0) is 20.8. The van der Waals surface area contributed by atoms with Crippen molar-refractivity contribution in [1.29, 1.82) is 0 Å². The standard InChI is InChI=1S/C23H27FN2O3/c1-16(2)10-23(27)26(14-17-6-4-9-20(11-17)28-3)15-21-13-22(25-29-21)18-7-5-8-19(24)12-18/h4-9,11-12,16,21H,10,13-15H2,1-3H3. The van der Waals surface area contributed by atoms with Crippen LogP contribution in [0.4, 0.5) is 4.39 Å². The average Bonchev–Trinajstić information content (AvgIpc) is 3.16. The molecule has 0 aromatic heterocycles. The quantitative estimate of drug-likeness (QED) is 0.662. The molecule has 0 N–H and O–H groups in total. The van der Waals surface area contributed by atoms with Gasteiger partial charge >= 0.3 is 0 Å². The Morgan fingerprint density at radius 2 is 2.07 bits per heavy atom. The number of rotatable bonds is 8. The fourth-order valence-electron chi connectivity index (χ4n) is 3.33. The van der Waals surface area contributed by atoms with E-state index in [2.05, 4.69) is 5.16 Å². The highest BCUT2D eigenvalue weighted by atomic mass is 19.1. The highest BCUT2D eigenvalue weighted by Crippen LogP contribution is 2.21. The van der Waals surface area contributed by atoms with Gasteiger partial charge in [-0.15, -0.1) is 0 Å². The molecule has 0 fully saturated rings. The summed E-state index contributed by atoms with van der Waals surface area (Å²) in [5, 5.41) is 4.13. The van der Waals surface area contributed by atoms with E-state index in [1.54, 1.807) is 13.2 Å². The fourth-order valence-corrected chi connectivity index (χ4v) is 3.33. The number of carbonyl (C=O) groups excluding carboxylic acids is 1. The van der Waals surface area contributed by atoms with E-state index < -0.39 is 0 Å². The number of ether oxygens (including phenoxy) is 1. The van der Waals surface area contributed by atoms with Gasteiger partial charge in [0.25, 0.3) is 0 Å². The summed E-state index contributed by atoms with van der Waals surface area (Å²) in [4.78, 5) is 20.2. The number of hydrogen-bond acceptors (Lipinski definition) is 4. The first-order valence-electron chi connectivity index (χ1n) is 9.84. The minimum absolute atomic E-state index is 0.0747. The van der Waals surface area contributed by atoms with Crippen LogP contribution >= 0.6 is 0 Å². The Hall–Kier alpha value is -2.89. The third kappa shape index (κ3) is 5.79. The van der Waals surface area contributed by atoms with Crippen molar-refractivity contribution in [2.75, 3.05) is 13.7 Å². The summed E-state index contributed by atoms with van der Waals surface area (Å²) in [6.07, 6.45) is 0.747. The maximum atomic E-state index is 13.5. The first kappa shape index (κ1) is 20.8. The molecule has 0 spiro atoms. The average molecular weight is 398 g/mol. The molecule has 1 aliphatic heterocycles. The van der Waals surface area contributed by atoms with Crippen LogP contribution in [-0.2, 0) is 16.2 Å². The Morgan fingerprint density at radius 3 is 2.79 bits per heavy atom. The van der Waals surface area contributed by atoms with E-state index >= 15 is 0 Å². The van der Waals surface area contributed by atoms with Crippen molar-refractivity contribution < 1.29 is 18.8 Å². The van der Waals surface area contributed by atoms with E-state index in [4.69, 9.17) is 9.57 Å². The molecule has 0 aliphatic carbocycles. The molecule has 1 atom stereocenters. The number of amides is 1. The smallest absolute Gasteiger partial charge is 0.223 e. The van der Waals surface area contributed by atoms with Crippen LogP contribution in [0.5, 0.6) is 5.75 Å². The Bertz CT molecular complexity index is 882. The Kier molecular flexibility index (Phi) is 6.86. The minimum Gasteiger partial charge on any atom is -0.497 e. The predicted octanol–water partition coefficient (Wildman–Crippen LogP) is 4.40. The van der Waals surface area contributed by atoms with Crippen molar-refractivity contribution in [3.63, 3.8) is 0 Å². The van der Waals surface area contributed by atoms with Crippen LogP contribution in [0.15, 0.2) is 53.7 Å². The van der Waals surface area contributed by atoms with Crippen molar-refractivity contribution >= 4 is 11.6 Å². The van der Waals surface area contributed by atoms with E-state index in [0.29, 0.717) is 37.2 Å². The van der Waals surface area contributed by atoms with Gasteiger partial charge in [-0.05, 0) is 35.7 Å². The predicted molar refractivity (Wildman–Crippen MR) is 110 cm³/mol. The molecule has 2 aromatic carbocycles. The van der Waals surface area contributed by atoms with Gasteiger partial charge in [0.1, 0.15) is 11.6 Å². The van der Waals surface area contributed by atoms with E-state index in [9.17, 15) is 9.18 Å². The van der Waals surface area contributed by atoms with Crippen LogP contribution in [0.1, 0.15) is 37.8 Å². The van der Waals surface area contributed by atoms with E-state index in [0.717, 1.165) is 11.3 Å². The van der Waals surface area contributed by atoms with Crippen LogP contribution in [-0.4, -0.2) is 36.3 Å². The SMILES string of the molecule is COc1cccc(CN(CC2CC(c3cccc(F)c3)=NO2)C(=O)CC(C)C)c1. The summed E-state index contributed by atoms with van der Waals surface area (Å²) in [6, 6.07) is 14.0. The fraction of sp³-hybridized carbons (Fsp3) is 0.391. The largest absolute Gasteiger partial charge is 0.497 e. The molecule has 1 unspecified atom stereocenters. The highest BCUT2D eigenvalue weighted by Gasteiger charge is 2.27. The molecule has 2 aromatic rings. The number of benzene rings is 2. The first-order valence-corrected chi connectivity index (χ1v) is 9.84. The van der Waals surface area contributed by atoms with Crippen molar-refractivity contribution in [2.45, 2.75) is 39.3 Å². The molecular formula is C23H27FN2O3. The molecule has 29 heavy (non-hydrogen) atoms. The molecule has 6 heteroatoms. The van der Waals surface area contributed by atoms with Crippen LogP contribution < -0.4 is 4.74 Å². The van der Waals surface area contributed by atoms with Crippen LogP contribution in [0.2, 0.25) is 0 Å². The summed E-state index contributed by atoms with van der Waals surface area (Å²) < 4.78 is 18.8. The van der Waals surface area contributed by atoms with E-state index in [1.165, 1.54) is 12.1 Å². The molecule has 0 saturated carbocycles. The van der Waals surface area contributed by atoms with Gasteiger partial charge in [0, 0.05) is 24.9 Å². The maximum Gasteiger partial charge on any atom is 0.223 e. The molecular weight excluding hydrogens is 371 g/mol. The minimum atomic E-state index is -0.305. The monoisotopic (exact) mass is 398 g/mol. The number of carbonyl (C=O) groups is 1. The lowest BCUT2D eigenvalue weighted by atomic mass is 10.0. The van der Waals surface area contributed by atoms with Crippen molar-refractivity contribution in [3.05, 3.63) is 65.5 Å². The van der Waals surface area contributed by atoms with Gasteiger partial charge in [-0.25, -0.2) is 4.39 Å². The summed E-state index contributed by atoms with van der Waals surface area (Å²) in [5.74, 6) is 0.789. The van der Waals surface area contributed by atoms with E-state index in [1.807, 2.05) is 49.1 Å². The Balaban J connectivity index is 1.69. The molecule has 1 amide bonds. The molecule has 1 aliphatic rings. The summed E-state index contributed by atoms with van der Waals surface area (Å²) in [7, 11) is 1.62. The number of oxime groups is 1. The summed E-state index contributed by atoms with van der Waals surface area (Å²) >= 11 is 0. The number of hydrogen-bond donors (Lipinski definition) is 0. The van der Waals surface area contributed by atoms with Gasteiger partial charge in [0.2, 0.25) is 5.91 Å². The zero-order valence-corrected chi connectivity index (χ0v) is 17.1. The summed E-state index contributed by atoms with van der Waals surface area (Å²) in [6.45, 7) is 4.95. The zero-order valence-electron chi connectivity index (χ0n) is 17.1. The van der Waals surface area contributed by atoms with Crippen LogP contribution in [0, 0.1) is 11.7 Å². The Morgan fingerprint density at radius 1 is 1.28 bits per heavy atom. The second kappa shape index (κ2) is 9.54. The first-order chi connectivity index (χ1) is 13.9. The lowest BCUT2D eigenvalue weighted by molar-refractivity contribution is -0.134. The van der Waals surface area contributed by atoms with Gasteiger partial charge in [-0.1, -0.05) is 43.3 Å². The molecule has 154 valence electrons. The number of methoxy groups -OCH3 is 1. The lowest BCUT2D eigenvalue weighted by Crippen LogP contribution is -2.37. The van der Waals surface area contributed by atoms with Crippen LogP contribution in [0.25, 0.3) is 0 Å². The van der Waals surface area contributed by atoms with Gasteiger partial charge in [-0.3, -0.25) is 4.79 Å². The second-order valence-corrected chi connectivity index (χ2v) is 7.70. The van der Waals surface area contributed by atoms with Gasteiger partial charge < -0.3 is 14.5 Å². The molecule has 5 nitrogen and oxygen atoms in total. The molecule has 0 saturated heterocycles. The van der Waals surface area contributed by atoms with Crippen molar-refractivity contribution in [2.24, 2.45) is 11.1 Å². The third-order valence-corrected chi connectivity index (χ3v) is 4.76. The van der Waals surface area contributed by atoms with Gasteiger partial charge in [-0.2, -0.15) is 0 Å². The van der Waals surface area contributed by atoms with Crippen molar-refractivity contribution in [3.8, 4) is 5.75 Å². The highest BCUT2D eigenvalue weighted by molar-refractivity contribution is 6.01. The lowest BCUT2D eigenvalue weighted by Gasteiger charge is -2.26. The van der Waals surface area contributed by atoms with Gasteiger partial charge in [0.05, 0.1) is 19.4 Å². The second-order valence-electron chi connectivity index (χ2n) is 7.70. The maximum absolute atomic E-state index is 13.5. The number of halogens is 1. The van der Waals surface area contributed by atoms with Crippen LogP contribution in [0.3, 0.4) is 0 Å². The normalized spacial score (nSPS) is 15.8. The summed E-state index contributed by atoms with van der Waals surface area (Å²) in [5.41, 5.74) is 2.40. The topological polar surface area (TPSA) is 51.1 Å². The molecule has 1 heterocycles. The van der Waals surface area contributed by atoms with Crippen molar-refractivity contribution in [1.82, 2.24) is 4.90 Å². The molecule has 0 bridgehead atoms. The van der Waals surface area contributed by atoms with E-state index in [-0.39, 0.29) is 23.7 Å². The number of nitrogens with zero attached hydrogens (tertiary/aromatic N) is 2. The Labute approximate surface area is 171 Å². The molecule has 3 rings (SSSR count). The van der Waals surface area contributed by atoms with Gasteiger partial charge in [0.15, 0.2) is 6.10 Å².